The van der Waals surface area contributed by atoms with E-state index in [0.29, 0.717) is 6.61 Å². The monoisotopic (exact) mass is 299 g/mol. The molecule has 3 N–H and O–H groups in total. The molecule has 2 unspecified atom stereocenters. The number of hydrogen-bond donors (Lipinski definition) is 2. The van der Waals surface area contributed by atoms with E-state index in [-0.39, 0.29) is 17.6 Å². The summed E-state index contributed by atoms with van der Waals surface area (Å²) >= 11 is 1.71. The van der Waals surface area contributed by atoms with Crippen LogP contribution in [0.3, 0.4) is 0 Å². The fraction of sp³-hybridized carbons (Fsp3) is 0.800. The molecule has 0 fully saturated rings. The molecule has 1 heterocycles. The van der Waals surface area contributed by atoms with Crippen molar-refractivity contribution in [3.05, 3.63) is 16.1 Å². The van der Waals surface area contributed by atoms with E-state index in [1.165, 1.54) is 0 Å². The minimum absolute atomic E-state index is 0.100. The van der Waals surface area contributed by atoms with Gasteiger partial charge >= 0.3 is 0 Å². The molecule has 1 aromatic rings. The van der Waals surface area contributed by atoms with Crippen LogP contribution in [-0.2, 0) is 16.6 Å². The molecule has 0 aliphatic rings. The van der Waals surface area contributed by atoms with E-state index in [2.05, 4.69) is 38.5 Å². The predicted octanol–water partition coefficient (Wildman–Crippen LogP) is 3.02. The van der Waals surface area contributed by atoms with E-state index >= 15 is 0 Å². The topological polar surface area (TPSA) is 60.2 Å². The number of nitrogens with one attached hydrogen (secondary N) is 1. The maximum atomic E-state index is 5.82. The van der Waals surface area contributed by atoms with Crippen LogP contribution in [-0.4, -0.2) is 23.7 Å². The molecule has 1 rings (SSSR count). The van der Waals surface area contributed by atoms with Crippen molar-refractivity contribution in [1.29, 1.82) is 0 Å². The van der Waals surface area contributed by atoms with Crippen LogP contribution in [0.15, 0.2) is 5.38 Å². The number of thiazole rings is 1. The molecule has 116 valence electrons. The molecule has 4 nitrogen and oxygen atoms in total. The molecule has 0 aromatic carbocycles. The summed E-state index contributed by atoms with van der Waals surface area (Å²) in [6, 6.07) is 0.119. The molecule has 20 heavy (non-hydrogen) atoms. The highest BCUT2D eigenvalue weighted by Crippen LogP contribution is 2.25. The van der Waals surface area contributed by atoms with E-state index in [4.69, 9.17) is 15.6 Å². The highest BCUT2D eigenvalue weighted by atomic mass is 32.1. The van der Waals surface area contributed by atoms with Gasteiger partial charge in [0.1, 0.15) is 0 Å². The van der Waals surface area contributed by atoms with Gasteiger partial charge in [-0.25, -0.2) is 4.98 Å². The SMILES string of the molecule is CCCC(OCC)C(Cc1nc(C(C)(C)C)cs1)NN. The molecule has 0 amide bonds. The van der Waals surface area contributed by atoms with Crippen molar-refractivity contribution in [2.75, 3.05) is 6.61 Å². The third kappa shape index (κ3) is 5.13. The van der Waals surface area contributed by atoms with Crippen LogP contribution >= 0.6 is 11.3 Å². The summed E-state index contributed by atoms with van der Waals surface area (Å²) in [5.41, 5.74) is 4.16. The first-order valence-electron chi connectivity index (χ1n) is 7.45. The zero-order chi connectivity index (χ0) is 15.2. The van der Waals surface area contributed by atoms with Crippen molar-refractivity contribution < 1.29 is 4.74 Å². The van der Waals surface area contributed by atoms with Crippen LogP contribution in [0.25, 0.3) is 0 Å². The highest BCUT2D eigenvalue weighted by Gasteiger charge is 2.23. The van der Waals surface area contributed by atoms with Gasteiger partial charge in [-0.3, -0.25) is 11.3 Å². The second-order valence-corrected chi connectivity index (χ2v) is 7.08. The smallest absolute Gasteiger partial charge is 0.0945 e. The Balaban J connectivity index is 2.74. The zero-order valence-electron chi connectivity index (χ0n) is 13.4. The van der Waals surface area contributed by atoms with Crippen LogP contribution in [0.4, 0.5) is 0 Å². The van der Waals surface area contributed by atoms with Gasteiger partial charge in [-0.15, -0.1) is 11.3 Å². The lowest BCUT2D eigenvalue weighted by Crippen LogP contribution is -2.46. The lowest BCUT2D eigenvalue weighted by molar-refractivity contribution is 0.0281. The molecule has 1 aromatic heterocycles. The number of hydrogen-bond acceptors (Lipinski definition) is 5. The normalized spacial score (nSPS) is 15.3. The second-order valence-electron chi connectivity index (χ2n) is 6.14. The van der Waals surface area contributed by atoms with E-state index in [0.717, 1.165) is 30.0 Å². The van der Waals surface area contributed by atoms with Crippen LogP contribution in [0, 0.1) is 0 Å². The Hall–Kier alpha value is -0.490. The van der Waals surface area contributed by atoms with Gasteiger partial charge in [0.2, 0.25) is 0 Å². The largest absolute Gasteiger partial charge is 0.377 e. The minimum Gasteiger partial charge on any atom is -0.377 e. The maximum absolute atomic E-state index is 5.82. The first-order chi connectivity index (χ1) is 9.42. The van der Waals surface area contributed by atoms with E-state index in [1.807, 2.05) is 6.92 Å². The lowest BCUT2D eigenvalue weighted by atomic mass is 9.93. The quantitative estimate of drug-likeness (QED) is 0.572. The molecular formula is C15H29N3OS. The fourth-order valence-electron chi connectivity index (χ4n) is 2.13. The van der Waals surface area contributed by atoms with Gasteiger partial charge in [-0.1, -0.05) is 34.1 Å². The summed E-state index contributed by atoms with van der Waals surface area (Å²) in [5.74, 6) is 5.72. The standard InChI is InChI=1S/C15H29N3OS/c1-6-8-12(19-7-2)11(18-16)9-14-17-13(10-20-14)15(3,4)5/h10-12,18H,6-9,16H2,1-5H3. The summed E-state index contributed by atoms with van der Waals surface area (Å²) in [4.78, 5) is 4.74. The summed E-state index contributed by atoms with van der Waals surface area (Å²) in [7, 11) is 0. The van der Waals surface area contributed by atoms with Crippen molar-refractivity contribution in [1.82, 2.24) is 10.4 Å². The molecule has 0 saturated heterocycles. The number of aromatic nitrogens is 1. The molecule has 2 atom stereocenters. The van der Waals surface area contributed by atoms with Crippen molar-refractivity contribution in [3.8, 4) is 0 Å². The zero-order valence-corrected chi connectivity index (χ0v) is 14.2. The molecule has 0 bridgehead atoms. The van der Waals surface area contributed by atoms with E-state index in [1.54, 1.807) is 11.3 Å². The molecular weight excluding hydrogens is 270 g/mol. The van der Waals surface area contributed by atoms with E-state index < -0.39 is 0 Å². The number of hydrazine groups is 1. The maximum Gasteiger partial charge on any atom is 0.0945 e. The number of nitrogens with two attached hydrogens (primary N) is 1. The molecule has 5 heteroatoms. The van der Waals surface area contributed by atoms with Crippen molar-refractivity contribution in [2.24, 2.45) is 5.84 Å². The van der Waals surface area contributed by atoms with Gasteiger partial charge in [-0.2, -0.15) is 0 Å². The average Bonchev–Trinajstić information content (AvgIpc) is 2.84. The number of rotatable bonds is 8. The summed E-state index contributed by atoms with van der Waals surface area (Å²) in [6.07, 6.45) is 3.08. The Bertz CT molecular complexity index is 381. The average molecular weight is 299 g/mol. The van der Waals surface area contributed by atoms with Gasteiger partial charge in [-0.05, 0) is 13.3 Å². The Morgan fingerprint density at radius 1 is 1.40 bits per heavy atom. The predicted molar refractivity (Wildman–Crippen MR) is 86.0 cm³/mol. The Kier molecular flexibility index (Phi) is 7.09. The molecule has 0 radical (unpaired) electrons. The second kappa shape index (κ2) is 8.08. The lowest BCUT2D eigenvalue weighted by Gasteiger charge is -2.25. The number of nitrogens with zero attached hydrogens (tertiary/aromatic N) is 1. The number of ether oxygens (including phenoxy) is 1. The van der Waals surface area contributed by atoms with Gasteiger partial charge in [0, 0.05) is 23.8 Å². The summed E-state index contributed by atoms with van der Waals surface area (Å²) in [6.45, 7) is 11.5. The van der Waals surface area contributed by atoms with Crippen LogP contribution in [0.2, 0.25) is 0 Å². The van der Waals surface area contributed by atoms with Gasteiger partial charge in [0.15, 0.2) is 0 Å². The first-order valence-corrected chi connectivity index (χ1v) is 8.32. The van der Waals surface area contributed by atoms with Gasteiger partial charge in [0.25, 0.3) is 0 Å². The first kappa shape index (κ1) is 17.6. The third-order valence-corrected chi connectivity index (χ3v) is 4.20. The van der Waals surface area contributed by atoms with Gasteiger partial charge < -0.3 is 4.74 Å². The fourth-order valence-corrected chi connectivity index (χ4v) is 3.21. The Labute approximate surface area is 127 Å². The third-order valence-electron chi connectivity index (χ3n) is 3.33. The molecule has 0 aliphatic carbocycles. The van der Waals surface area contributed by atoms with Crippen molar-refractivity contribution in [2.45, 2.75) is 71.4 Å². The molecule has 0 aliphatic heterocycles. The molecule has 0 saturated carbocycles. The van der Waals surface area contributed by atoms with Crippen molar-refractivity contribution >= 4 is 11.3 Å². The van der Waals surface area contributed by atoms with E-state index in [9.17, 15) is 0 Å². The Morgan fingerprint density at radius 2 is 2.10 bits per heavy atom. The van der Waals surface area contributed by atoms with Crippen molar-refractivity contribution in [3.63, 3.8) is 0 Å². The molecule has 0 spiro atoms. The van der Waals surface area contributed by atoms with Crippen LogP contribution in [0.1, 0.15) is 58.2 Å². The van der Waals surface area contributed by atoms with Crippen LogP contribution < -0.4 is 11.3 Å². The minimum atomic E-state index is 0.100. The van der Waals surface area contributed by atoms with Crippen LogP contribution in [0.5, 0.6) is 0 Å². The highest BCUT2D eigenvalue weighted by molar-refractivity contribution is 7.09. The summed E-state index contributed by atoms with van der Waals surface area (Å²) in [5, 5.41) is 3.27. The van der Waals surface area contributed by atoms with Gasteiger partial charge in [0.05, 0.1) is 22.8 Å². The Morgan fingerprint density at radius 3 is 2.55 bits per heavy atom. The summed E-state index contributed by atoms with van der Waals surface area (Å²) < 4.78 is 5.82.